The van der Waals surface area contributed by atoms with E-state index in [9.17, 15) is 18.0 Å². The molecule has 0 aliphatic carbocycles. The summed E-state index contributed by atoms with van der Waals surface area (Å²) in [6, 6.07) is 5.53. The Morgan fingerprint density at radius 2 is 1.73 bits per heavy atom. The van der Waals surface area contributed by atoms with Crippen LogP contribution in [0.15, 0.2) is 29.2 Å². The molecule has 1 aliphatic heterocycles. The number of benzene rings is 1. The molecule has 120 valence electrons. The zero-order chi connectivity index (χ0) is 16.2. The molecule has 0 aromatic heterocycles. The fraction of sp³-hybridized carbons (Fsp3) is 0.429. The second-order valence-corrected chi connectivity index (χ2v) is 6.78. The first-order valence-corrected chi connectivity index (χ1v) is 8.52. The van der Waals surface area contributed by atoms with Gasteiger partial charge in [-0.05, 0) is 37.1 Å². The van der Waals surface area contributed by atoms with Crippen LogP contribution in [0, 0.1) is 0 Å². The summed E-state index contributed by atoms with van der Waals surface area (Å²) in [6.45, 7) is 1.11. The number of rotatable bonds is 5. The van der Waals surface area contributed by atoms with Crippen molar-refractivity contribution in [3.63, 3.8) is 0 Å². The van der Waals surface area contributed by atoms with Gasteiger partial charge < -0.3 is 10.2 Å². The highest BCUT2D eigenvalue weighted by atomic mass is 32.2. The lowest BCUT2D eigenvalue weighted by Gasteiger charge is -2.15. The van der Waals surface area contributed by atoms with Crippen LogP contribution in [0.25, 0.3) is 0 Å². The Balaban J connectivity index is 2.00. The lowest BCUT2D eigenvalue weighted by molar-refractivity contribution is -0.128. The summed E-state index contributed by atoms with van der Waals surface area (Å²) in [4.78, 5) is 24.9. The van der Waals surface area contributed by atoms with Crippen molar-refractivity contribution in [3.8, 4) is 0 Å². The van der Waals surface area contributed by atoms with Crippen molar-refractivity contribution in [1.29, 1.82) is 0 Å². The van der Waals surface area contributed by atoms with Gasteiger partial charge in [0.1, 0.15) is 0 Å². The Kier molecular flexibility index (Phi) is 5.15. The van der Waals surface area contributed by atoms with Crippen LogP contribution in [0.1, 0.15) is 23.2 Å². The molecule has 1 heterocycles. The Hall–Kier alpha value is -1.93. The molecule has 2 rings (SSSR count). The van der Waals surface area contributed by atoms with Crippen molar-refractivity contribution in [2.24, 2.45) is 0 Å². The molecule has 1 aliphatic rings. The molecule has 0 atom stereocenters. The second-order valence-electron chi connectivity index (χ2n) is 5.02. The largest absolute Gasteiger partial charge is 0.355 e. The smallest absolute Gasteiger partial charge is 0.251 e. The minimum Gasteiger partial charge on any atom is -0.355 e. The van der Waals surface area contributed by atoms with Crippen LogP contribution >= 0.6 is 0 Å². The maximum atomic E-state index is 12.1. The Morgan fingerprint density at radius 1 is 1.14 bits per heavy atom. The predicted molar refractivity (Wildman–Crippen MR) is 80.8 cm³/mol. The van der Waals surface area contributed by atoms with Gasteiger partial charge in [0, 0.05) is 25.7 Å². The number of hydrogen-bond acceptors (Lipinski definition) is 4. The molecule has 1 saturated heterocycles. The van der Waals surface area contributed by atoms with Crippen LogP contribution in [-0.4, -0.2) is 51.8 Å². The number of carbonyl (C=O) groups is 2. The van der Waals surface area contributed by atoms with E-state index < -0.39 is 10.0 Å². The summed E-state index contributed by atoms with van der Waals surface area (Å²) in [5, 5.41) is 2.46. The summed E-state index contributed by atoms with van der Waals surface area (Å²) in [7, 11) is -2.26. The minimum absolute atomic E-state index is 0.0226. The molecule has 22 heavy (non-hydrogen) atoms. The summed E-state index contributed by atoms with van der Waals surface area (Å²) >= 11 is 0. The quantitative estimate of drug-likeness (QED) is 0.793. The number of hydrogen-bond donors (Lipinski definition) is 2. The molecule has 2 amide bonds. The molecule has 1 fully saturated rings. The van der Waals surface area contributed by atoms with Crippen LogP contribution in [0.2, 0.25) is 0 Å². The zero-order valence-corrected chi connectivity index (χ0v) is 13.1. The van der Waals surface area contributed by atoms with Gasteiger partial charge >= 0.3 is 0 Å². The maximum absolute atomic E-state index is 12.1. The van der Waals surface area contributed by atoms with Gasteiger partial charge in [-0.2, -0.15) is 0 Å². The van der Waals surface area contributed by atoms with E-state index in [0.717, 1.165) is 12.8 Å². The van der Waals surface area contributed by atoms with Crippen LogP contribution in [0.3, 0.4) is 0 Å². The SMILES string of the molecule is CNC(=O)c1ccc(S(=O)(=O)NCC(=O)N2CCCC2)cc1. The van der Waals surface area contributed by atoms with Gasteiger partial charge in [-0.25, -0.2) is 13.1 Å². The first-order valence-electron chi connectivity index (χ1n) is 7.03. The highest BCUT2D eigenvalue weighted by Gasteiger charge is 2.21. The van der Waals surface area contributed by atoms with E-state index in [1.807, 2.05) is 0 Å². The molecule has 0 saturated carbocycles. The van der Waals surface area contributed by atoms with Crippen LogP contribution < -0.4 is 10.0 Å². The van der Waals surface area contributed by atoms with E-state index in [4.69, 9.17) is 0 Å². The van der Waals surface area contributed by atoms with Crippen molar-refractivity contribution >= 4 is 21.8 Å². The van der Waals surface area contributed by atoms with Gasteiger partial charge in [0.2, 0.25) is 15.9 Å². The molecular formula is C14H19N3O4S. The zero-order valence-electron chi connectivity index (χ0n) is 12.3. The number of carbonyl (C=O) groups excluding carboxylic acids is 2. The van der Waals surface area contributed by atoms with Crippen LogP contribution in [-0.2, 0) is 14.8 Å². The highest BCUT2D eigenvalue weighted by molar-refractivity contribution is 7.89. The number of amides is 2. The van der Waals surface area contributed by atoms with Crippen LogP contribution in [0.5, 0.6) is 0 Å². The van der Waals surface area contributed by atoms with Gasteiger partial charge in [0.25, 0.3) is 5.91 Å². The fourth-order valence-electron chi connectivity index (χ4n) is 2.25. The fourth-order valence-corrected chi connectivity index (χ4v) is 3.22. The number of nitrogens with zero attached hydrogens (tertiary/aromatic N) is 1. The van der Waals surface area contributed by atoms with Crippen molar-refractivity contribution in [3.05, 3.63) is 29.8 Å². The minimum atomic E-state index is -3.76. The first kappa shape index (κ1) is 16.4. The average Bonchev–Trinajstić information content (AvgIpc) is 3.06. The predicted octanol–water partition coefficient (Wildman–Crippen LogP) is -0.0531. The van der Waals surface area contributed by atoms with E-state index in [2.05, 4.69) is 10.0 Å². The van der Waals surface area contributed by atoms with E-state index >= 15 is 0 Å². The summed E-state index contributed by atoms with van der Waals surface area (Å²) < 4.78 is 26.5. The topological polar surface area (TPSA) is 95.6 Å². The highest BCUT2D eigenvalue weighted by Crippen LogP contribution is 2.11. The molecule has 1 aromatic rings. The third-order valence-corrected chi connectivity index (χ3v) is 4.94. The van der Waals surface area contributed by atoms with Crippen molar-refractivity contribution in [1.82, 2.24) is 14.9 Å². The van der Waals surface area contributed by atoms with E-state index in [-0.39, 0.29) is 23.3 Å². The Bertz CT molecular complexity index is 649. The third-order valence-electron chi connectivity index (χ3n) is 3.53. The third kappa shape index (κ3) is 3.83. The summed E-state index contributed by atoms with van der Waals surface area (Å²) in [5.41, 5.74) is 0.370. The Morgan fingerprint density at radius 3 is 2.27 bits per heavy atom. The Labute approximate surface area is 129 Å². The first-order chi connectivity index (χ1) is 10.4. The van der Waals surface area contributed by atoms with Crippen molar-refractivity contribution in [2.45, 2.75) is 17.7 Å². The van der Waals surface area contributed by atoms with Crippen LogP contribution in [0.4, 0.5) is 0 Å². The lowest BCUT2D eigenvalue weighted by Crippen LogP contribution is -2.38. The molecule has 0 unspecified atom stereocenters. The standard InChI is InChI=1S/C14H19N3O4S/c1-15-14(19)11-4-6-12(7-5-11)22(20,21)16-10-13(18)17-8-2-3-9-17/h4-7,16H,2-3,8-10H2,1H3,(H,15,19). The molecule has 7 nitrogen and oxygen atoms in total. The van der Waals surface area contributed by atoms with Crippen molar-refractivity contribution in [2.75, 3.05) is 26.7 Å². The summed E-state index contributed by atoms with van der Waals surface area (Å²) in [6.07, 6.45) is 1.92. The van der Waals surface area contributed by atoms with Crippen molar-refractivity contribution < 1.29 is 18.0 Å². The molecule has 0 bridgehead atoms. The molecule has 2 N–H and O–H groups in total. The molecule has 1 aromatic carbocycles. The van der Waals surface area contributed by atoms with E-state index in [0.29, 0.717) is 18.7 Å². The van der Waals surface area contributed by atoms with Gasteiger partial charge in [-0.1, -0.05) is 0 Å². The van der Waals surface area contributed by atoms with E-state index in [1.165, 1.54) is 31.3 Å². The van der Waals surface area contributed by atoms with Gasteiger partial charge in [-0.15, -0.1) is 0 Å². The number of nitrogens with one attached hydrogen (secondary N) is 2. The molecule has 0 radical (unpaired) electrons. The monoisotopic (exact) mass is 325 g/mol. The average molecular weight is 325 g/mol. The molecule has 0 spiro atoms. The number of sulfonamides is 1. The van der Waals surface area contributed by atoms with Gasteiger partial charge in [0.05, 0.1) is 11.4 Å². The lowest BCUT2D eigenvalue weighted by atomic mass is 10.2. The molecule has 8 heteroatoms. The summed E-state index contributed by atoms with van der Waals surface area (Å²) in [5.74, 6) is -0.510. The molecular weight excluding hydrogens is 306 g/mol. The van der Waals surface area contributed by atoms with E-state index in [1.54, 1.807) is 4.90 Å². The second kappa shape index (κ2) is 6.89. The number of likely N-dealkylation sites (tertiary alicyclic amines) is 1. The maximum Gasteiger partial charge on any atom is 0.251 e. The van der Waals surface area contributed by atoms with Gasteiger partial charge in [-0.3, -0.25) is 9.59 Å². The van der Waals surface area contributed by atoms with Gasteiger partial charge in [0.15, 0.2) is 0 Å². The normalized spacial score (nSPS) is 14.9.